The van der Waals surface area contributed by atoms with Crippen LogP contribution in [0.25, 0.3) is 22.1 Å². The number of phenols is 1. The minimum atomic E-state index is -1.32. The molecule has 23 heavy (non-hydrogen) atoms. The van der Waals surface area contributed by atoms with Crippen molar-refractivity contribution in [2.75, 3.05) is 0 Å². The molecule has 3 aromatic rings. The molecule has 0 aliphatic rings. The number of halogens is 2. The molecule has 114 valence electrons. The molecule has 0 amide bonds. The first-order valence-electron chi connectivity index (χ1n) is 6.59. The van der Waals surface area contributed by atoms with E-state index >= 15 is 0 Å². The number of nitriles is 1. The highest BCUT2D eigenvalue weighted by Crippen LogP contribution is 2.33. The van der Waals surface area contributed by atoms with Crippen LogP contribution in [0.3, 0.4) is 0 Å². The van der Waals surface area contributed by atoms with E-state index < -0.39 is 28.6 Å². The third-order valence-corrected chi connectivity index (χ3v) is 3.61. The topological polar surface area (TPSA) is 74.2 Å². The van der Waals surface area contributed by atoms with Crippen LogP contribution < -0.4 is 5.63 Å². The molecule has 0 bridgehead atoms. The van der Waals surface area contributed by atoms with Crippen molar-refractivity contribution < 1.29 is 18.3 Å². The number of fused-ring (bicyclic) bond motifs is 1. The molecule has 3 rings (SSSR count). The SMILES string of the molecule is Cc1c(-c2cccc(C#N)c2)c(=O)oc2c(F)c(O)c(F)cc12. The summed E-state index contributed by atoms with van der Waals surface area (Å²) in [7, 11) is 0. The summed E-state index contributed by atoms with van der Waals surface area (Å²) in [5.41, 5.74) is -0.194. The number of aromatic hydroxyl groups is 1. The molecule has 4 nitrogen and oxygen atoms in total. The Bertz CT molecular complexity index is 1050. The zero-order valence-electron chi connectivity index (χ0n) is 11.9. The highest BCUT2D eigenvalue weighted by Gasteiger charge is 2.20. The molecule has 1 N–H and O–H groups in total. The largest absolute Gasteiger partial charge is 0.503 e. The van der Waals surface area contributed by atoms with E-state index in [1.807, 2.05) is 6.07 Å². The average Bonchev–Trinajstić information content (AvgIpc) is 2.54. The standard InChI is InChI=1S/C17H9F2NO3/c1-8-11-6-12(18)15(21)14(19)16(11)23-17(22)13(8)10-4-2-3-9(5-10)7-20/h2-6,21H,1H3. The van der Waals surface area contributed by atoms with Crippen molar-refractivity contribution in [1.29, 1.82) is 5.26 Å². The van der Waals surface area contributed by atoms with Gasteiger partial charge in [0.1, 0.15) is 0 Å². The first-order valence-corrected chi connectivity index (χ1v) is 6.59. The summed E-state index contributed by atoms with van der Waals surface area (Å²) in [6.07, 6.45) is 0. The van der Waals surface area contributed by atoms with Gasteiger partial charge < -0.3 is 9.52 Å². The molecule has 0 unspecified atom stereocenters. The van der Waals surface area contributed by atoms with E-state index in [2.05, 4.69) is 0 Å². The van der Waals surface area contributed by atoms with Gasteiger partial charge in [-0.05, 0) is 36.2 Å². The highest BCUT2D eigenvalue weighted by molar-refractivity contribution is 5.88. The minimum absolute atomic E-state index is 0.0368. The Balaban J connectivity index is 2.42. The van der Waals surface area contributed by atoms with Gasteiger partial charge in [0.25, 0.3) is 0 Å². The number of hydrogen-bond donors (Lipinski definition) is 1. The van der Waals surface area contributed by atoms with Crippen LogP contribution in [0, 0.1) is 29.9 Å². The second-order valence-corrected chi connectivity index (χ2v) is 4.98. The van der Waals surface area contributed by atoms with Gasteiger partial charge in [-0.1, -0.05) is 12.1 Å². The molecule has 0 radical (unpaired) electrons. The maximum absolute atomic E-state index is 13.9. The van der Waals surface area contributed by atoms with E-state index in [-0.39, 0.29) is 10.9 Å². The van der Waals surface area contributed by atoms with Crippen LogP contribution in [0.5, 0.6) is 5.75 Å². The predicted octanol–water partition coefficient (Wildman–Crippen LogP) is 3.62. The van der Waals surface area contributed by atoms with Gasteiger partial charge >= 0.3 is 5.63 Å². The Morgan fingerprint density at radius 1 is 1.26 bits per heavy atom. The molecular weight excluding hydrogens is 304 g/mol. The Morgan fingerprint density at radius 2 is 2.00 bits per heavy atom. The molecule has 1 heterocycles. The van der Waals surface area contributed by atoms with Gasteiger partial charge in [-0.15, -0.1) is 0 Å². The molecule has 0 aliphatic heterocycles. The Morgan fingerprint density at radius 3 is 2.70 bits per heavy atom. The van der Waals surface area contributed by atoms with Gasteiger partial charge in [0, 0.05) is 5.39 Å². The molecule has 0 saturated heterocycles. The van der Waals surface area contributed by atoms with Crippen molar-refractivity contribution in [1.82, 2.24) is 0 Å². The lowest BCUT2D eigenvalue weighted by Gasteiger charge is -2.09. The first-order chi connectivity index (χ1) is 10.9. The maximum atomic E-state index is 13.9. The second-order valence-electron chi connectivity index (χ2n) is 4.98. The maximum Gasteiger partial charge on any atom is 0.344 e. The van der Waals surface area contributed by atoms with E-state index in [1.165, 1.54) is 13.0 Å². The van der Waals surface area contributed by atoms with Gasteiger partial charge in [0.15, 0.2) is 17.1 Å². The summed E-state index contributed by atoms with van der Waals surface area (Å²) in [5, 5.41) is 18.3. The number of benzene rings is 2. The zero-order chi connectivity index (χ0) is 16.7. The van der Waals surface area contributed by atoms with Crippen LogP contribution in [-0.4, -0.2) is 5.11 Å². The van der Waals surface area contributed by atoms with Gasteiger partial charge in [0.05, 0.1) is 17.2 Å². The summed E-state index contributed by atoms with van der Waals surface area (Å²) in [6, 6.07) is 9.10. The van der Waals surface area contributed by atoms with Crippen LogP contribution in [0.4, 0.5) is 8.78 Å². The minimum Gasteiger partial charge on any atom is -0.503 e. The number of hydrogen-bond acceptors (Lipinski definition) is 4. The smallest absolute Gasteiger partial charge is 0.344 e. The summed E-state index contributed by atoms with van der Waals surface area (Å²) < 4.78 is 32.4. The lowest BCUT2D eigenvalue weighted by atomic mass is 9.98. The molecule has 0 atom stereocenters. The van der Waals surface area contributed by atoms with Gasteiger partial charge in [-0.2, -0.15) is 9.65 Å². The molecule has 0 saturated carbocycles. The Hall–Kier alpha value is -3.20. The van der Waals surface area contributed by atoms with Gasteiger partial charge in [-0.3, -0.25) is 0 Å². The molecule has 0 spiro atoms. The molecular formula is C17H9F2NO3. The molecule has 1 aromatic heterocycles. The van der Waals surface area contributed by atoms with Crippen LogP contribution in [0.2, 0.25) is 0 Å². The van der Waals surface area contributed by atoms with Crippen molar-refractivity contribution >= 4 is 11.0 Å². The summed E-state index contributed by atoms with van der Waals surface area (Å²) in [6.45, 7) is 1.52. The predicted molar refractivity (Wildman–Crippen MR) is 79.0 cm³/mol. The summed E-state index contributed by atoms with van der Waals surface area (Å²) in [4.78, 5) is 12.2. The lowest BCUT2D eigenvalue weighted by molar-refractivity contribution is 0.392. The quantitative estimate of drug-likeness (QED) is 0.696. The van der Waals surface area contributed by atoms with Crippen molar-refractivity contribution in [3.05, 3.63) is 63.5 Å². The molecule has 0 aliphatic carbocycles. The third-order valence-electron chi connectivity index (χ3n) is 3.61. The Labute approximate surface area is 128 Å². The van der Waals surface area contributed by atoms with Crippen molar-refractivity contribution in [3.63, 3.8) is 0 Å². The van der Waals surface area contributed by atoms with E-state index in [0.29, 0.717) is 16.7 Å². The number of aryl methyl sites for hydroxylation is 1. The summed E-state index contributed by atoms with van der Waals surface area (Å²) in [5.74, 6) is -3.67. The van der Waals surface area contributed by atoms with Crippen LogP contribution in [-0.2, 0) is 0 Å². The fourth-order valence-electron chi connectivity index (χ4n) is 2.48. The van der Waals surface area contributed by atoms with Gasteiger partial charge in [0.2, 0.25) is 5.82 Å². The van der Waals surface area contributed by atoms with Crippen LogP contribution in [0.1, 0.15) is 11.1 Å². The second kappa shape index (κ2) is 5.21. The van der Waals surface area contributed by atoms with Crippen molar-refractivity contribution in [3.8, 4) is 22.9 Å². The fraction of sp³-hybridized carbons (Fsp3) is 0.0588. The van der Waals surface area contributed by atoms with Crippen molar-refractivity contribution in [2.24, 2.45) is 0 Å². The average molecular weight is 313 g/mol. The Kier molecular flexibility index (Phi) is 3.34. The van der Waals surface area contributed by atoms with Crippen LogP contribution >= 0.6 is 0 Å². The van der Waals surface area contributed by atoms with E-state index in [9.17, 15) is 18.7 Å². The third kappa shape index (κ3) is 2.23. The summed E-state index contributed by atoms with van der Waals surface area (Å²) >= 11 is 0. The van der Waals surface area contributed by atoms with E-state index in [1.54, 1.807) is 18.2 Å². The lowest BCUT2D eigenvalue weighted by Crippen LogP contribution is -2.07. The van der Waals surface area contributed by atoms with E-state index in [4.69, 9.17) is 9.68 Å². The number of phenolic OH excluding ortho intramolecular Hbond substituents is 1. The van der Waals surface area contributed by atoms with Crippen LogP contribution in [0.15, 0.2) is 39.5 Å². The molecule has 0 fully saturated rings. The van der Waals surface area contributed by atoms with E-state index in [0.717, 1.165) is 6.07 Å². The highest BCUT2D eigenvalue weighted by atomic mass is 19.1. The van der Waals surface area contributed by atoms with Crippen molar-refractivity contribution in [2.45, 2.75) is 6.92 Å². The first kappa shape index (κ1) is 14.7. The zero-order valence-corrected chi connectivity index (χ0v) is 11.9. The van der Waals surface area contributed by atoms with Gasteiger partial charge in [-0.25, -0.2) is 9.18 Å². The number of nitrogens with zero attached hydrogens (tertiary/aromatic N) is 1. The monoisotopic (exact) mass is 313 g/mol. The number of rotatable bonds is 1. The molecule has 6 heteroatoms. The fourth-order valence-corrected chi connectivity index (χ4v) is 2.48. The normalized spacial score (nSPS) is 10.7. The molecule has 2 aromatic carbocycles.